The van der Waals surface area contributed by atoms with Crippen LogP contribution < -0.4 is 0 Å². The summed E-state index contributed by atoms with van der Waals surface area (Å²) < 4.78 is 3.88. The summed E-state index contributed by atoms with van der Waals surface area (Å²) in [6, 6.07) is 57.1. The van der Waals surface area contributed by atoms with Crippen molar-refractivity contribution in [2.24, 2.45) is 0 Å². The second kappa shape index (κ2) is 10.8. The summed E-state index contributed by atoms with van der Waals surface area (Å²) in [4.78, 5) is 11.7. The van der Waals surface area contributed by atoms with Gasteiger partial charge in [0.05, 0.1) is 11.0 Å². The van der Waals surface area contributed by atoms with E-state index in [1.54, 1.807) is 11.3 Å². The number of nitrogens with zero attached hydrogens (tertiary/aromatic N) is 2. The maximum absolute atomic E-state index is 5.37. The number of fused-ring (bicyclic) bond motifs is 12. The Morgan fingerprint density at radius 1 is 0.320 bits per heavy atom. The Morgan fingerprint density at radius 2 is 0.800 bits per heavy atom. The molecule has 0 aliphatic rings. The summed E-state index contributed by atoms with van der Waals surface area (Å²) in [6.45, 7) is 0. The van der Waals surface area contributed by atoms with Crippen molar-refractivity contribution in [3.05, 3.63) is 158 Å². The maximum Gasteiger partial charge on any atom is 0.143 e. The third-order valence-electron chi connectivity index (χ3n) is 10.1. The molecule has 3 aromatic heterocycles. The number of thiophene rings is 2. The van der Waals surface area contributed by atoms with Crippen LogP contribution in [0, 0.1) is 0 Å². The van der Waals surface area contributed by atoms with E-state index >= 15 is 0 Å². The number of rotatable bonds is 3. The van der Waals surface area contributed by atoms with Crippen LogP contribution in [0.3, 0.4) is 0 Å². The minimum absolute atomic E-state index is 0.963. The highest BCUT2D eigenvalue weighted by atomic mass is 32.1. The van der Waals surface area contributed by atoms with Gasteiger partial charge in [0.2, 0.25) is 0 Å². The van der Waals surface area contributed by atoms with Crippen LogP contribution in [0.15, 0.2) is 158 Å². The third kappa shape index (κ3) is 4.13. The lowest BCUT2D eigenvalue weighted by molar-refractivity contribution is 1.46. The molecule has 0 aliphatic carbocycles. The van der Waals surface area contributed by atoms with Crippen molar-refractivity contribution in [3.8, 4) is 33.4 Å². The van der Waals surface area contributed by atoms with Crippen LogP contribution in [0.1, 0.15) is 0 Å². The Hall–Kier alpha value is -5.94. The first kappa shape index (κ1) is 28.0. The standard InChI is InChI=1S/C46H26N2S2/c1-3-18-36-33(15-1)34-16-2-4-19-37(34)42-41(36)47-43-39-23-10-21-32(45(39)50-46(43)48-42)30-14-8-12-28(26-30)27-11-7-13-29(25-27)31-20-9-22-38-35-17-5-6-24-40(35)49-44(31)38/h1-26H. The molecule has 0 unspecified atom stereocenters. The zero-order valence-electron chi connectivity index (χ0n) is 26.7. The lowest BCUT2D eigenvalue weighted by atomic mass is 9.95. The predicted molar refractivity (Wildman–Crippen MR) is 217 cm³/mol. The monoisotopic (exact) mass is 670 g/mol. The predicted octanol–water partition coefficient (Wildman–Crippen LogP) is 13.7. The Bertz CT molecular complexity index is 3170. The fourth-order valence-electron chi connectivity index (χ4n) is 7.76. The molecule has 11 rings (SSSR count). The highest BCUT2D eigenvalue weighted by Gasteiger charge is 2.18. The average molecular weight is 671 g/mol. The Kier molecular flexibility index (Phi) is 6.03. The largest absolute Gasteiger partial charge is 0.242 e. The van der Waals surface area contributed by atoms with Gasteiger partial charge in [-0.05, 0) is 62.4 Å². The van der Waals surface area contributed by atoms with Gasteiger partial charge in [0.15, 0.2) is 0 Å². The molecule has 0 amide bonds. The maximum atomic E-state index is 5.37. The molecule has 0 saturated heterocycles. The van der Waals surface area contributed by atoms with Gasteiger partial charge in [-0.1, -0.05) is 140 Å². The lowest BCUT2D eigenvalue weighted by Crippen LogP contribution is -1.89. The van der Waals surface area contributed by atoms with Crippen LogP contribution in [0.4, 0.5) is 0 Å². The van der Waals surface area contributed by atoms with Crippen LogP contribution in [0.5, 0.6) is 0 Å². The van der Waals surface area contributed by atoms with E-state index in [2.05, 4.69) is 158 Å². The minimum atomic E-state index is 0.963. The second-order valence-corrected chi connectivity index (χ2v) is 14.9. The third-order valence-corrected chi connectivity index (χ3v) is 12.4. The Labute approximate surface area is 295 Å². The van der Waals surface area contributed by atoms with Gasteiger partial charge >= 0.3 is 0 Å². The molecule has 0 N–H and O–H groups in total. The minimum Gasteiger partial charge on any atom is -0.242 e. The van der Waals surface area contributed by atoms with Gasteiger partial charge in [0.1, 0.15) is 10.3 Å². The molecule has 0 saturated carbocycles. The van der Waals surface area contributed by atoms with E-state index in [-0.39, 0.29) is 0 Å². The topological polar surface area (TPSA) is 25.8 Å². The first-order valence-corrected chi connectivity index (χ1v) is 18.5. The van der Waals surface area contributed by atoms with E-state index in [9.17, 15) is 0 Å². The number of hydrogen-bond donors (Lipinski definition) is 0. The molecule has 0 atom stereocenters. The Balaban J connectivity index is 1.06. The van der Waals surface area contributed by atoms with E-state index in [1.807, 2.05) is 11.3 Å². The van der Waals surface area contributed by atoms with Gasteiger partial charge in [-0.2, -0.15) is 0 Å². The van der Waals surface area contributed by atoms with Crippen LogP contribution in [-0.2, 0) is 0 Å². The van der Waals surface area contributed by atoms with Crippen molar-refractivity contribution in [3.63, 3.8) is 0 Å². The van der Waals surface area contributed by atoms with E-state index in [4.69, 9.17) is 9.97 Å². The van der Waals surface area contributed by atoms with Crippen LogP contribution in [0.25, 0.3) is 107 Å². The zero-order valence-corrected chi connectivity index (χ0v) is 28.4. The summed E-state index contributed by atoms with van der Waals surface area (Å²) in [5.41, 5.74) is 10.2. The molecule has 2 nitrogen and oxygen atoms in total. The van der Waals surface area contributed by atoms with Crippen molar-refractivity contribution < 1.29 is 0 Å². The molecule has 0 radical (unpaired) electrons. The molecular formula is C46H26N2S2. The van der Waals surface area contributed by atoms with E-state index in [0.29, 0.717) is 0 Å². The zero-order chi connectivity index (χ0) is 32.8. The fraction of sp³-hybridized carbons (Fsp3) is 0. The van der Waals surface area contributed by atoms with Gasteiger partial charge in [-0.3, -0.25) is 0 Å². The smallest absolute Gasteiger partial charge is 0.143 e. The van der Waals surface area contributed by atoms with Crippen LogP contribution >= 0.6 is 22.7 Å². The van der Waals surface area contributed by atoms with Crippen molar-refractivity contribution in [2.45, 2.75) is 0 Å². The number of hydrogen-bond acceptors (Lipinski definition) is 4. The van der Waals surface area contributed by atoms with Gasteiger partial charge in [-0.25, -0.2) is 9.97 Å². The molecule has 50 heavy (non-hydrogen) atoms. The van der Waals surface area contributed by atoms with Crippen molar-refractivity contribution in [2.75, 3.05) is 0 Å². The summed E-state index contributed by atoms with van der Waals surface area (Å²) in [6.07, 6.45) is 0. The average Bonchev–Trinajstić information content (AvgIpc) is 3.76. The molecule has 0 bridgehead atoms. The SMILES string of the molecule is c1cc(-c2cccc(-c3cccc4c3sc3nc5c6ccccc6c6ccccc6c5nc34)c2)cc(-c2cccc3c2sc2ccccc23)c1. The van der Waals surface area contributed by atoms with Gasteiger partial charge in [0, 0.05) is 41.0 Å². The second-order valence-electron chi connectivity index (χ2n) is 12.9. The lowest BCUT2D eigenvalue weighted by Gasteiger charge is -2.10. The molecule has 232 valence electrons. The fourth-order valence-corrected chi connectivity index (χ4v) is 10.1. The van der Waals surface area contributed by atoms with Gasteiger partial charge in [0.25, 0.3) is 0 Å². The number of benzene rings is 8. The van der Waals surface area contributed by atoms with E-state index in [1.165, 1.54) is 69.0 Å². The molecule has 0 fully saturated rings. The first-order valence-electron chi connectivity index (χ1n) is 16.8. The molecule has 8 aromatic carbocycles. The molecule has 0 aliphatic heterocycles. The highest BCUT2D eigenvalue weighted by Crippen LogP contribution is 2.43. The summed E-state index contributed by atoms with van der Waals surface area (Å²) in [5, 5.41) is 8.52. The Morgan fingerprint density at radius 3 is 1.46 bits per heavy atom. The van der Waals surface area contributed by atoms with Crippen molar-refractivity contribution in [1.29, 1.82) is 0 Å². The highest BCUT2D eigenvalue weighted by molar-refractivity contribution is 7.26. The molecule has 0 spiro atoms. The van der Waals surface area contributed by atoms with Crippen molar-refractivity contribution >= 4 is 95.9 Å². The van der Waals surface area contributed by atoms with E-state index < -0.39 is 0 Å². The van der Waals surface area contributed by atoms with Crippen LogP contribution in [-0.4, -0.2) is 9.97 Å². The van der Waals surface area contributed by atoms with Crippen molar-refractivity contribution in [1.82, 2.24) is 9.97 Å². The first-order chi connectivity index (χ1) is 24.8. The van der Waals surface area contributed by atoms with Gasteiger partial charge < -0.3 is 0 Å². The quantitative estimate of drug-likeness (QED) is 0.175. The molecular weight excluding hydrogens is 645 g/mol. The molecule has 11 aromatic rings. The molecule has 3 heterocycles. The van der Waals surface area contributed by atoms with Crippen LogP contribution in [0.2, 0.25) is 0 Å². The normalized spacial score (nSPS) is 12.0. The number of aromatic nitrogens is 2. The summed E-state index contributed by atoms with van der Waals surface area (Å²) >= 11 is 3.62. The summed E-state index contributed by atoms with van der Waals surface area (Å²) in [5.74, 6) is 0. The summed E-state index contributed by atoms with van der Waals surface area (Å²) in [7, 11) is 0. The molecule has 4 heteroatoms. The van der Waals surface area contributed by atoms with E-state index in [0.717, 1.165) is 37.5 Å². The van der Waals surface area contributed by atoms with Gasteiger partial charge in [-0.15, -0.1) is 22.7 Å².